The zero-order chi connectivity index (χ0) is 26.4. The molecule has 38 heavy (non-hydrogen) atoms. The Kier molecular flexibility index (Phi) is 8.34. The van der Waals surface area contributed by atoms with Crippen molar-refractivity contribution >= 4 is 29.1 Å². The molecule has 0 spiro atoms. The molecule has 2 fully saturated rings. The quantitative estimate of drug-likeness (QED) is 0.375. The fourth-order valence-corrected chi connectivity index (χ4v) is 5.38. The van der Waals surface area contributed by atoms with Crippen molar-refractivity contribution in [1.29, 1.82) is 0 Å². The standard InChI is InChI=1S/C29H34FN5O2S/c1-21-6-5-15-35(19-21)25-18-26(37-24-7-3-2-4-8-24)33-27(32-25)34-28(38)31-20-29(13-16-36-17-14-29)22-9-11-23(30)12-10-22/h2-4,7-12,18,21H,5-6,13-17,19-20H2,1H3,(H2,31,32,33,34,38)/t21-/m0/s1. The Morgan fingerprint density at radius 2 is 1.89 bits per heavy atom. The van der Waals surface area contributed by atoms with Gasteiger partial charge in [-0.3, -0.25) is 0 Å². The number of nitrogens with one attached hydrogen (secondary N) is 2. The molecule has 7 nitrogen and oxygen atoms in total. The molecular weight excluding hydrogens is 501 g/mol. The summed E-state index contributed by atoms with van der Waals surface area (Å²) in [5.41, 5.74) is 0.875. The number of nitrogens with zero attached hydrogens (tertiary/aromatic N) is 3. The van der Waals surface area contributed by atoms with Crippen LogP contribution in [0.1, 0.15) is 38.2 Å². The number of ether oxygens (including phenoxy) is 2. The second-order valence-corrected chi connectivity index (χ2v) is 10.6. The van der Waals surface area contributed by atoms with Gasteiger partial charge in [0.15, 0.2) is 5.11 Å². The molecule has 9 heteroatoms. The third kappa shape index (κ3) is 6.57. The number of rotatable bonds is 7. The first kappa shape index (κ1) is 26.3. The van der Waals surface area contributed by atoms with Crippen LogP contribution >= 0.6 is 12.2 Å². The van der Waals surface area contributed by atoms with E-state index in [-0.39, 0.29) is 11.2 Å². The van der Waals surface area contributed by atoms with E-state index < -0.39 is 0 Å². The summed E-state index contributed by atoms with van der Waals surface area (Å²) in [5.74, 6) is 2.71. The molecule has 0 amide bonds. The average molecular weight is 536 g/mol. The third-order valence-corrected chi connectivity index (χ3v) is 7.60. The van der Waals surface area contributed by atoms with Gasteiger partial charge in [0, 0.05) is 44.3 Å². The van der Waals surface area contributed by atoms with Crippen LogP contribution in [0.4, 0.5) is 16.2 Å². The first-order valence-electron chi connectivity index (χ1n) is 13.2. The van der Waals surface area contributed by atoms with Crippen LogP contribution in [0.25, 0.3) is 0 Å². The summed E-state index contributed by atoms with van der Waals surface area (Å²) < 4.78 is 25.3. The maximum absolute atomic E-state index is 13.6. The van der Waals surface area contributed by atoms with Gasteiger partial charge in [0.05, 0.1) is 0 Å². The van der Waals surface area contributed by atoms with E-state index in [1.54, 1.807) is 0 Å². The number of piperidine rings is 1. The van der Waals surface area contributed by atoms with E-state index in [1.807, 2.05) is 48.5 Å². The second-order valence-electron chi connectivity index (χ2n) is 10.2. The van der Waals surface area contributed by atoms with E-state index in [9.17, 15) is 4.39 Å². The predicted molar refractivity (Wildman–Crippen MR) is 152 cm³/mol. The number of halogens is 1. The number of thiocarbonyl (C=S) groups is 1. The highest BCUT2D eigenvalue weighted by Crippen LogP contribution is 2.34. The van der Waals surface area contributed by atoms with Gasteiger partial charge in [0.2, 0.25) is 11.8 Å². The molecule has 2 N–H and O–H groups in total. The van der Waals surface area contributed by atoms with Crippen molar-refractivity contribution in [2.24, 2.45) is 5.92 Å². The van der Waals surface area contributed by atoms with E-state index in [0.29, 0.717) is 48.4 Å². The predicted octanol–water partition coefficient (Wildman–Crippen LogP) is 5.68. The molecule has 2 saturated heterocycles. The molecule has 5 rings (SSSR count). The van der Waals surface area contributed by atoms with E-state index in [4.69, 9.17) is 26.7 Å². The molecule has 0 aliphatic carbocycles. The van der Waals surface area contributed by atoms with Crippen molar-refractivity contribution in [2.45, 2.75) is 38.0 Å². The van der Waals surface area contributed by atoms with Gasteiger partial charge >= 0.3 is 0 Å². The number of anilines is 2. The third-order valence-electron chi connectivity index (χ3n) is 7.35. The van der Waals surface area contributed by atoms with Crippen LogP contribution < -0.4 is 20.3 Å². The highest BCUT2D eigenvalue weighted by atomic mass is 32.1. The fraction of sp³-hybridized carbons (Fsp3) is 0.414. The van der Waals surface area contributed by atoms with Crippen LogP contribution in [0, 0.1) is 11.7 Å². The highest BCUT2D eigenvalue weighted by Gasteiger charge is 2.34. The van der Waals surface area contributed by atoms with E-state index in [1.165, 1.54) is 18.6 Å². The Morgan fingerprint density at radius 3 is 2.63 bits per heavy atom. The average Bonchev–Trinajstić information content (AvgIpc) is 2.93. The van der Waals surface area contributed by atoms with E-state index in [2.05, 4.69) is 27.4 Å². The van der Waals surface area contributed by atoms with Gasteiger partial charge in [-0.25, -0.2) is 4.39 Å². The molecular formula is C29H34FN5O2S. The number of para-hydroxylation sites is 1. The Labute approximate surface area is 228 Å². The normalized spacial score (nSPS) is 19.0. The fourth-order valence-electron chi connectivity index (χ4n) is 5.22. The summed E-state index contributed by atoms with van der Waals surface area (Å²) >= 11 is 5.67. The molecule has 200 valence electrons. The zero-order valence-electron chi connectivity index (χ0n) is 21.7. The van der Waals surface area contributed by atoms with Crippen LogP contribution in [0.2, 0.25) is 0 Å². The zero-order valence-corrected chi connectivity index (χ0v) is 22.5. The monoisotopic (exact) mass is 535 g/mol. The summed E-state index contributed by atoms with van der Waals surface area (Å²) in [5, 5.41) is 6.97. The summed E-state index contributed by atoms with van der Waals surface area (Å²) in [6.07, 6.45) is 3.98. The van der Waals surface area contributed by atoms with Crippen molar-refractivity contribution in [3.05, 3.63) is 72.0 Å². The van der Waals surface area contributed by atoms with Crippen molar-refractivity contribution < 1.29 is 13.9 Å². The molecule has 1 atom stereocenters. The summed E-state index contributed by atoms with van der Waals surface area (Å²) in [6, 6.07) is 18.2. The van der Waals surface area contributed by atoms with Crippen LogP contribution in [0.3, 0.4) is 0 Å². The van der Waals surface area contributed by atoms with Crippen molar-refractivity contribution in [3.8, 4) is 11.6 Å². The highest BCUT2D eigenvalue weighted by molar-refractivity contribution is 7.80. The first-order chi connectivity index (χ1) is 18.5. The lowest BCUT2D eigenvalue weighted by Gasteiger charge is -2.38. The molecule has 0 bridgehead atoms. The van der Waals surface area contributed by atoms with Gasteiger partial charge in [0.1, 0.15) is 17.4 Å². The topological polar surface area (TPSA) is 71.5 Å². The molecule has 3 heterocycles. The van der Waals surface area contributed by atoms with Crippen molar-refractivity contribution in [3.63, 3.8) is 0 Å². The Balaban J connectivity index is 1.33. The maximum atomic E-state index is 13.6. The van der Waals surface area contributed by atoms with Crippen LogP contribution in [0.5, 0.6) is 11.6 Å². The van der Waals surface area contributed by atoms with E-state index >= 15 is 0 Å². The van der Waals surface area contributed by atoms with Gasteiger partial charge in [-0.2, -0.15) is 9.97 Å². The van der Waals surface area contributed by atoms with Gasteiger partial charge in [-0.1, -0.05) is 37.3 Å². The Bertz CT molecular complexity index is 1220. The van der Waals surface area contributed by atoms with E-state index in [0.717, 1.165) is 43.7 Å². The second kappa shape index (κ2) is 12.0. The first-order valence-corrected chi connectivity index (χ1v) is 13.7. The summed E-state index contributed by atoms with van der Waals surface area (Å²) in [7, 11) is 0. The van der Waals surface area contributed by atoms with Crippen molar-refractivity contribution in [2.75, 3.05) is 43.1 Å². The minimum atomic E-state index is -0.241. The number of hydrogen-bond acceptors (Lipinski definition) is 6. The molecule has 2 aliphatic rings. The molecule has 2 aliphatic heterocycles. The SMILES string of the molecule is C[C@H]1CCCN(c2cc(Oc3ccccc3)nc(NC(=S)NCC3(c4ccc(F)cc4)CCOCC3)n2)C1. The largest absolute Gasteiger partial charge is 0.439 e. The lowest BCUT2D eigenvalue weighted by molar-refractivity contribution is 0.0515. The Hall–Kier alpha value is -3.30. The number of hydrogen-bond donors (Lipinski definition) is 2. The Morgan fingerprint density at radius 1 is 1.13 bits per heavy atom. The smallest absolute Gasteiger partial charge is 0.234 e. The minimum Gasteiger partial charge on any atom is -0.439 e. The molecule has 0 unspecified atom stereocenters. The van der Waals surface area contributed by atoms with Gasteiger partial charge in [-0.05, 0) is 73.6 Å². The molecule has 2 aromatic carbocycles. The van der Waals surface area contributed by atoms with Crippen LogP contribution in [-0.4, -0.2) is 47.9 Å². The molecule has 0 saturated carbocycles. The molecule has 1 aromatic heterocycles. The lowest BCUT2D eigenvalue weighted by Crippen LogP contribution is -2.45. The lowest BCUT2D eigenvalue weighted by atomic mass is 9.74. The van der Waals surface area contributed by atoms with Crippen molar-refractivity contribution in [1.82, 2.24) is 15.3 Å². The van der Waals surface area contributed by atoms with Crippen LogP contribution in [0.15, 0.2) is 60.7 Å². The van der Waals surface area contributed by atoms with Gasteiger partial charge in [0.25, 0.3) is 0 Å². The minimum absolute atomic E-state index is 0.202. The molecule has 3 aromatic rings. The number of benzene rings is 2. The summed E-state index contributed by atoms with van der Waals surface area (Å²) in [4.78, 5) is 11.7. The van der Waals surface area contributed by atoms with Gasteiger partial charge in [-0.15, -0.1) is 0 Å². The maximum Gasteiger partial charge on any atom is 0.234 e. The summed E-state index contributed by atoms with van der Waals surface area (Å²) in [6.45, 7) is 6.03. The van der Waals surface area contributed by atoms with Gasteiger partial charge < -0.3 is 25.0 Å². The van der Waals surface area contributed by atoms with Crippen LogP contribution in [-0.2, 0) is 10.2 Å². The molecule has 0 radical (unpaired) electrons. The number of aromatic nitrogens is 2.